The lowest BCUT2D eigenvalue weighted by molar-refractivity contribution is -0.198. The van der Waals surface area contributed by atoms with Gasteiger partial charge in [-0.25, -0.2) is 4.79 Å². The number of aliphatic hydroxyl groups excluding tert-OH is 1. The molecule has 0 bridgehead atoms. The molecule has 11 heteroatoms. The molecule has 1 aliphatic rings. The zero-order valence-corrected chi connectivity index (χ0v) is 15.6. The zero-order valence-electron chi connectivity index (χ0n) is 15.6. The summed E-state index contributed by atoms with van der Waals surface area (Å²) in [5.74, 6) is -2.24. The lowest BCUT2D eigenvalue weighted by Crippen LogP contribution is -2.32. The predicted molar refractivity (Wildman–Crippen MR) is 94.7 cm³/mol. The van der Waals surface area contributed by atoms with E-state index in [2.05, 4.69) is 10.2 Å². The van der Waals surface area contributed by atoms with Crippen molar-refractivity contribution in [3.63, 3.8) is 0 Å². The van der Waals surface area contributed by atoms with E-state index in [9.17, 15) is 19.2 Å². The molecule has 0 unspecified atom stereocenters. The molecule has 0 atom stereocenters. The molecular weight excluding hydrogens is 362 g/mol. The molecule has 1 heterocycles. The van der Waals surface area contributed by atoms with Crippen molar-refractivity contribution in [3.8, 4) is 0 Å². The number of ether oxygens (including phenoxy) is 2. The van der Waals surface area contributed by atoms with Crippen LogP contribution in [0.1, 0.15) is 34.5 Å². The molecule has 0 spiro atoms. The van der Waals surface area contributed by atoms with Gasteiger partial charge in [-0.15, -0.1) is 5.06 Å². The molecule has 0 saturated carbocycles. The Hall–Kier alpha value is -2.37. The van der Waals surface area contributed by atoms with E-state index in [1.165, 1.54) is 0 Å². The minimum atomic E-state index is -0.721. The number of hydrogen-bond acceptors (Lipinski definition) is 9. The quantitative estimate of drug-likeness (QED) is 0.240. The number of imide groups is 1. The fourth-order valence-electron chi connectivity index (χ4n) is 1.60. The van der Waals surface area contributed by atoms with E-state index >= 15 is 0 Å². The third kappa shape index (κ3) is 13.5. The van der Waals surface area contributed by atoms with Gasteiger partial charge in [0, 0.05) is 26.5 Å². The first-order valence-electron chi connectivity index (χ1n) is 8.39. The Kier molecular flexibility index (Phi) is 13.5. The number of nitrogens with zero attached hydrogens (tertiary/aromatic N) is 1. The summed E-state index contributed by atoms with van der Waals surface area (Å²) in [5, 5.41) is 17.9. The fraction of sp³-hybridized carbons (Fsp3) is 0.688. The lowest BCUT2D eigenvalue weighted by Gasteiger charge is -2.12. The molecule has 11 nitrogen and oxygen atoms in total. The molecular formula is C16H29N3O8. The van der Waals surface area contributed by atoms with E-state index in [0.29, 0.717) is 10.8 Å². The number of hydroxylamine groups is 2. The summed E-state index contributed by atoms with van der Waals surface area (Å²) in [6.45, 7) is 4.07. The average molecular weight is 391 g/mol. The molecule has 0 aliphatic carbocycles. The largest absolute Gasteiger partial charge is 0.387 e. The van der Waals surface area contributed by atoms with Crippen molar-refractivity contribution >= 4 is 29.4 Å². The summed E-state index contributed by atoms with van der Waals surface area (Å²) in [5.41, 5.74) is 0.667. The summed E-state index contributed by atoms with van der Waals surface area (Å²) in [7, 11) is 0. The van der Waals surface area contributed by atoms with Gasteiger partial charge in [0.2, 0.25) is 5.91 Å². The Balaban J connectivity index is 0. The highest BCUT2D eigenvalue weighted by molar-refractivity contribution is 6.01. The standard InChI is InChI=1S/C13H20N2O8.C3H7N.H2/c16-9-10(17)14-4-6-22-8-7-21-5-3-13(20)23-15-11(18)1-2-12(15)19;1-3(2)4;/h16H,1-9H2,(H,14,17);4H,1-2H3;1H. The van der Waals surface area contributed by atoms with Crippen LogP contribution in [0.25, 0.3) is 0 Å². The minimum Gasteiger partial charge on any atom is -0.387 e. The van der Waals surface area contributed by atoms with Crippen LogP contribution in [0.3, 0.4) is 0 Å². The van der Waals surface area contributed by atoms with Gasteiger partial charge < -0.3 is 30.1 Å². The molecule has 3 N–H and O–H groups in total. The van der Waals surface area contributed by atoms with Crippen LogP contribution < -0.4 is 5.32 Å². The van der Waals surface area contributed by atoms with Crippen LogP contribution in [0, 0.1) is 5.41 Å². The summed E-state index contributed by atoms with van der Waals surface area (Å²) in [6.07, 6.45) is 0.0149. The van der Waals surface area contributed by atoms with Gasteiger partial charge in [0.1, 0.15) is 6.61 Å². The van der Waals surface area contributed by atoms with Crippen molar-refractivity contribution < 1.29 is 40.0 Å². The number of amides is 3. The molecule has 156 valence electrons. The number of rotatable bonds is 11. The van der Waals surface area contributed by atoms with Crippen molar-refractivity contribution in [3.05, 3.63) is 0 Å². The van der Waals surface area contributed by atoms with Crippen LogP contribution in [-0.2, 0) is 33.5 Å². The third-order valence-corrected chi connectivity index (χ3v) is 2.73. The Morgan fingerprint density at radius 3 is 2.15 bits per heavy atom. The zero-order chi connectivity index (χ0) is 20.7. The average Bonchev–Trinajstić information content (AvgIpc) is 2.91. The number of carbonyl (C=O) groups is 4. The normalized spacial score (nSPS) is 13.1. The Labute approximate surface area is 158 Å². The maximum Gasteiger partial charge on any atom is 0.335 e. The molecule has 27 heavy (non-hydrogen) atoms. The smallest absolute Gasteiger partial charge is 0.335 e. The van der Waals surface area contributed by atoms with Crippen LogP contribution in [0.4, 0.5) is 0 Å². The molecule has 0 aromatic carbocycles. The number of nitrogens with one attached hydrogen (secondary N) is 2. The number of aliphatic hydroxyl groups is 1. The van der Waals surface area contributed by atoms with E-state index in [-0.39, 0.29) is 53.7 Å². The maximum atomic E-state index is 11.4. The van der Waals surface area contributed by atoms with Crippen molar-refractivity contribution in [2.75, 3.05) is 39.6 Å². The van der Waals surface area contributed by atoms with Crippen LogP contribution in [-0.4, -0.2) is 79.2 Å². The third-order valence-electron chi connectivity index (χ3n) is 2.73. The predicted octanol–water partition coefficient (Wildman–Crippen LogP) is -0.583. The van der Waals surface area contributed by atoms with Crippen LogP contribution in [0.15, 0.2) is 0 Å². The second kappa shape index (κ2) is 14.8. The molecule has 1 saturated heterocycles. The first-order chi connectivity index (χ1) is 12.8. The monoisotopic (exact) mass is 391 g/mol. The van der Waals surface area contributed by atoms with Crippen LogP contribution >= 0.6 is 0 Å². The molecule has 0 aromatic heterocycles. The number of carbonyl (C=O) groups excluding carboxylic acids is 4. The van der Waals surface area contributed by atoms with Crippen molar-refractivity contribution in [2.24, 2.45) is 0 Å². The second-order valence-corrected chi connectivity index (χ2v) is 5.53. The summed E-state index contributed by atoms with van der Waals surface area (Å²) in [6, 6.07) is 0. The van der Waals surface area contributed by atoms with Gasteiger partial charge in [0.15, 0.2) is 0 Å². The van der Waals surface area contributed by atoms with Gasteiger partial charge in [-0.3, -0.25) is 14.4 Å². The molecule has 0 radical (unpaired) electrons. The van der Waals surface area contributed by atoms with Gasteiger partial charge in [-0.2, -0.15) is 0 Å². The minimum absolute atomic E-state index is 0. The Morgan fingerprint density at radius 1 is 1.11 bits per heavy atom. The topological polar surface area (TPSA) is 155 Å². The van der Waals surface area contributed by atoms with E-state index in [4.69, 9.17) is 20.0 Å². The summed E-state index contributed by atoms with van der Waals surface area (Å²) >= 11 is 0. The molecule has 3 amide bonds. The fourth-order valence-corrected chi connectivity index (χ4v) is 1.60. The molecule has 0 aromatic rings. The molecule has 1 aliphatic heterocycles. The van der Waals surface area contributed by atoms with E-state index < -0.39 is 30.3 Å². The highest BCUT2D eigenvalue weighted by Gasteiger charge is 2.32. The van der Waals surface area contributed by atoms with Gasteiger partial charge in [0.05, 0.1) is 32.8 Å². The lowest BCUT2D eigenvalue weighted by atomic mass is 10.4. The maximum absolute atomic E-state index is 11.4. The van der Waals surface area contributed by atoms with Gasteiger partial charge in [-0.05, 0) is 13.8 Å². The van der Waals surface area contributed by atoms with E-state index in [1.54, 1.807) is 13.8 Å². The van der Waals surface area contributed by atoms with E-state index in [0.717, 1.165) is 0 Å². The highest BCUT2D eigenvalue weighted by Crippen LogP contribution is 2.12. The number of hydrogen-bond donors (Lipinski definition) is 3. The van der Waals surface area contributed by atoms with Gasteiger partial charge in [-0.1, -0.05) is 0 Å². The first kappa shape index (κ1) is 24.6. The first-order valence-corrected chi connectivity index (χ1v) is 8.39. The van der Waals surface area contributed by atoms with E-state index in [1.807, 2.05) is 0 Å². The highest BCUT2D eigenvalue weighted by atomic mass is 16.7. The van der Waals surface area contributed by atoms with Gasteiger partial charge >= 0.3 is 5.97 Å². The van der Waals surface area contributed by atoms with Crippen LogP contribution in [0.5, 0.6) is 0 Å². The van der Waals surface area contributed by atoms with Crippen molar-refractivity contribution in [2.45, 2.75) is 33.1 Å². The SMILES string of the molecule is CC(C)=N.O=C(CO)NCCOCCOCCC(=O)ON1C(=O)CCC1=O.[HH]. The van der Waals surface area contributed by atoms with Crippen molar-refractivity contribution in [1.82, 2.24) is 10.4 Å². The molecule has 1 fully saturated rings. The Morgan fingerprint density at radius 2 is 1.63 bits per heavy atom. The van der Waals surface area contributed by atoms with Crippen LogP contribution in [0.2, 0.25) is 0 Å². The second-order valence-electron chi connectivity index (χ2n) is 5.53. The Bertz CT molecular complexity index is 510. The molecule has 1 rings (SSSR count). The van der Waals surface area contributed by atoms with Crippen molar-refractivity contribution in [1.29, 1.82) is 5.41 Å². The van der Waals surface area contributed by atoms with Gasteiger partial charge in [0.25, 0.3) is 11.8 Å². The summed E-state index contributed by atoms with van der Waals surface area (Å²) in [4.78, 5) is 49.2. The summed E-state index contributed by atoms with van der Waals surface area (Å²) < 4.78 is 10.3.